The van der Waals surface area contributed by atoms with Crippen LogP contribution < -0.4 is 11.0 Å². The van der Waals surface area contributed by atoms with E-state index in [1.165, 1.54) is 17.0 Å². The summed E-state index contributed by atoms with van der Waals surface area (Å²) in [7, 11) is 1.71. The highest BCUT2D eigenvalue weighted by Crippen LogP contribution is 2.15. The summed E-state index contributed by atoms with van der Waals surface area (Å²) in [6, 6.07) is 1.27. The molecule has 2 heterocycles. The lowest BCUT2D eigenvalue weighted by Crippen LogP contribution is -2.21. The van der Waals surface area contributed by atoms with Crippen LogP contribution in [-0.4, -0.2) is 31.9 Å². The van der Waals surface area contributed by atoms with E-state index in [1.807, 2.05) is 0 Å². The Kier molecular flexibility index (Phi) is 4.88. The van der Waals surface area contributed by atoms with Gasteiger partial charge in [0.2, 0.25) is 5.91 Å². The fourth-order valence-corrected chi connectivity index (χ4v) is 2.24. The number of hydrazone groups is 1. The zero-order chi connectivity index (χ0) is 16.3. The molecule has 2 aromatic heterocycles. The fraction of sp³-hybridized carbons (Fsp3) is 0.250. The van der Waals surface area contributed by atoms with Gasteiger partial charge in [0, 0.05) is 18.8 Å². The number of carbonyl (C=O) groups excluding carboxylic acids is 1. The standard InChI is InChI=1S/C12H13ClN6O2S/c1-6-8(11(13)19(2)18-6)5-14-17-10(21)4-7-3-9(20)16-12(22)15-7/h3,5H,4H2,1-2H3,(H,17,21)(H2,15,16,20,22). The SMILES string of the molecule is Cc1nn(C)c(Cl)c1C=NNC(=O)Cc1cc(=O)[nH]c(=S)[nH]1. The van der Waals surface area contributed by atoms with Crippen LogP contribution in [0.2, 0.25) is 5.15 Å². The van der Waals surface area contributed by atoms with Crippen LogP contribution in [0.15, 0.2) is 16.0 Å². The molecule has 0 radical (unpaired) electrons. The number of aryl methyl sites for hydroxylation is 2. The minimum Gasteiger partial charge on any atom is -0.335 e. The van der Waals surface area contributed by atoms with E-state index in [4.69, 9.17) is 23.8 Å². The van der Waals surface area contributed by atoms with Crippen LogP contribution in [0, 0.1) is 11.7 Å². The Labute approximate surface area is 135 Å². The zero-order valence-electron chi connectivity index (χ0n) is 11.8. The van der Waals surface area contributed by atoms with E-state index in [9.17, 15) is 9.59 Å². The van der Waals surface area contributed by atoms with E-state index in [1.54, 1.807) is 14.0 Å². The lowest BCUT2D eigenvalue weighted by molar-refractivity contribution is -0.120. The van der Waals surface area contributed by atoms with Crippen LogP contribution in [0.4, 0.5) is 0 Å². The van der Waals surface area contributed by atoms with Crippen molar-refractivity contribution in [2.24, 2.45) is 12.1 Å². The molecule has 0 bridgehead atoms. The second-order valence-corrected chi connectivity index (χ2v) is 5.26. The summed E-state index contributed by atoms with van der Waals surface area (Å²) in [6.45, 7) is 1.78. The monoisotopic (exact) mass is 340 g/mol. The van der Waals surface area contributed by atoms with Crippen LogP contribution in [0.3, 0.4) is 0 Å². The number of carbonyl (C=O) groups is 1. The Balaban J connectivity index is 2.02. The lowest BCUT2D eigenvalue weighted by atomic mass is 10.3. The quantitative estimate of drug-likeness (QED) is 0.435. The minimum atomic E-state index is -0.398. The van der Waals surface area contributed by atoms with E-state index in [0.29, 0.717) is 22.1 Å². The van der Waals surface area contributed by atoms with E-state index in [-0.39, 0.29) is 16.8 Å². The molecule has 0 aromatic carbocycles. The highest BCUT2D eigenvalue weighted by atomic mass is 35.5. The van der Waals surface area contributed by atoms with Crippen molar-refractivity contribution >= 4 is 35.9 Å². The number of rotatable bonds is 4. The number of hydrogen-bond donors (Lipinski definition) is 3. The molecule has 1 amide bonds. The van der Waals surface area contributed by atoms with Crippen LogP contribution in [0.25, 0.3) is 0 Å². The van der Waals surface area contributed by atoms with Crippen molar-refractivity contribution in [2.75, 3.05) is 0 Å². The van der Waals surface area contributed by atoms with Crippen molar-refractivity contribution in [3.8, 4) is 0 Å². The molecule has 8 nitrogen and oxygen atoms in total. The van der Waals surface area contributed by atoms with E-state index < -0.39 is 5.91 Å². The van der Waals surface area contributed by atoms with Gasteiger partial charge in [-0.15, -0.1) is 0 Å². The van der Waals surface area contributed by atoms with Gasteiger partial charge in [0.05, 0.1) is 23.9 Å². The fourth-order valence-electron chi connectivity index (χ4n) is 1.79. The molecule has 0 spiro atoms. The average molecular weight is 341 g/mol. The Hall–Kier alpha value is -2.26. The van der Waals surface area contributed by atoms with Crippen molar-refractivity contribution in [3.05, 3.63) is 43.3 Å². The van der Waals surface area contributed by atoms with Gasteiger partial charge in [0.15, 0.2) is 4.77 Å². The first kappa shape index (κ1) is 16.1. The number of amides is 1. The summed E-state index contributed by atoms with van der Waals surface area (Å²) in [6.07, 6.45) is 1.37. The molecule has 2 aromatic rings. The van der Waals surface area contributed by atoms with Gasteiger partial charge in [-0.1, -0.05) is 11.6 Å². The van der Waals surface area contributed by atoms with Crippen LogP contribution in [0.1, 0.15) is 17.0 Å². The highest BCUT2D eigenvalue weighted by molar-refractivity contribution is 7.71. The van der Waals surface area contributed by atoms with Gasteiger partial charge in [-0.25, -0.2) is 5.43 Å². The maximum absolute atomic E-state index is 11.8. The molecule has 0 aliphatic carbocycles. The predicted molar refractivity (Wildman–Crippen MR) is 84.6 cm³/mol. The number of nitrogens with one attached hydrogen (secondary N) is 3. The molecule has 0 atom stereocenters. The van der Waals surface area contributed by atoms with Crippen molar-refractivity contribution in [1.29, 1.82) is 0 Å². The van der Waals surface area contributed by atoms with Crippen molar-refractivity contribution < 1.29 is 4.79 Å². The van der Waals surface area contributed by atoms with Gasteiger partial charge in [-0.3, -0.25) is 19.3 Å². The molecule has 0 aliphatic rings. The summed E-state index contributed by atoms with van der Waals surface area (Å²) < 4.78 is 1.67. The molecule has 0 saturated carbocycles. The lowest BCUT2D eigenvalue weighted by Gasteiger charge is -2.00. The molecule has 22 heavy (non-hydrogen) atoms. The second-order valence-electron chi connectivity index (χ2n) is 4.50. The topological polar surface area (TPSA) is 108 Å². The summed E-state index contributed by atoms with van der Waals surface area (Å²) in [4.78, 5) is 28.1. The third kappa shape index (κ3) is 3.89. The van der Waals surface area contributed by atoms with Crippen molar-refractivity contribution in [3.63, 3.8) is 0 Å². The molecule has 0 saturated heterocycles. The second kappa shape index (κ2) is 6.67. The van der Waals surface area contributed by atoms with Gasteiger partial charge in [0.1, 0.15) is 5.15 Å². The largest absolute Gasteiger partial charge is 0.335 e. The van der Waals surface area contributed by atoms with E-state index in [2.05, 4.69) is 25.6 Å². The smallest absolute Gasteiger partial charge is 0.251 e. The zero-order valence-corrected chi connectivity index (χ0v) is 13.4. The van der Waals surface area contributed by atoms with Gasteiger partial charge >= 0.3 is 0 Å². The van der Waals surface area contributed by atoms with Crippen molar-refractivity contribution in [2.45, 2.75) is 13.3 Å². The van der Waals surface area contributed by atoms with Crippen LogP contribution in [0.5, 0.6) is 0 Å². The first-order chi connectivity index (χ1) is 10.4. The molecule has 2 rings (SSSR count). The Morgan fingerprint density at radius 3 is 2.91 bits per heavy atom. The molecule has 3 N–H and O–H groups in total. The molecule has 116 valence electrons. The van der Waals surface area contributed by atoms with Gasteiger partial charge in [-0.05, 0) is 19.1 Å². The highest BCUT2D eigenvalue weighted by Gasteiger charge is 2.09. The normalized spacial score (nSPS) is 11.0. The van der Waals surface area contributed by atoms with Gasteiger partial charge in [-0.2, -0.15) is 10.2 Å². The summed E-state index contributed by atoms with van der Waals surface area (Å²) in [5, 5.41) is 8.38. The van der Waals surface area contributed by atoms with Crippen molar-refractivity contribution in [1.82, 2.24) is 25.2 Å². The molecular formula is C12H13ClN6O2S. The number of hydrogen-bond acceptors (Lipinski definition) is 5. The average Bonchev–Trinajstić information content (AvgIpc) is 2.63. The van der Waals surface area contributed by atoms with E-state index in [0.717, 1.165) is 0 Å². The van der Waals surface area contributed by atoms with Crippen LogP contribution >= 0.6 is 23.8 Å². The van der Waals surface area contributed by atoms with E-state index >= 15 is 0 Å². The number of aromatic nitrogens is 4. The molecule has 0 aliphatic heterocycles. The maximum atomic E-state index is 11.8. The number of nitrogens with zero attached hydrogens (tertiary/aromatic N) is 3. The van der Waals surface area contributed by atoms with Gasteiger partial charge < -0.3 is 4.98 Å². The molecular weight excluding hydrogens is 328 g/mol. The summed E-state index contributed by atoms with van der Waals surface area (Å²) >= 11 is 10.9. The Morgan fingerprint density at radius 2 is 2.32 bits per heavy atom. The van der Waals surface area contributed by atoms with Crippen LogP contribution in [-0.2, 0) is 18.3 Å². The number of aromatic amines is 2. The molecule has 0 unspecified atom stereocenters. The Bertz CT molecular complexity index is 822. The predicted octanol–water partition coefficient (Wildman–Crippen LogP) is 0.821. The first-order valence-electron chi connectivity index (χ1n) is 6.20. The third-order valence-corrected chi connectivity index (χ3v) is 3.40. The Morgan fingerprint density at radius 1 is 1.59 bits per heavy atom. The van der Waals surface area contributed by atoms with Gasteiger partial charge in [0.25, 0.3) is 5.56 Å². The summed E-state index contributed by atoms with van der Waals surface area (Å²) in [5.41, 5.74) is 3.71. The molecule has 10 heteroatoms. The first-order valence-corrected chi connectivity index (χ1v) is 6.99. The number of H-pyrrole nitrogens is 2. The number of halogens is 1. The molecule has 0 fully saturated rings. The minimum absolute atomic E-state index is 0.0509. The third-order valence-electron chi connectivity index (χ3n) is 2.75. The maximum Gasteiger partial charge on any atom is 0.251 e. The summed E-state index contributed by atoms with van der Waals surface area (Å²) in [5.74, 6) is -0.398.